The fourth-order valence-electron chi connectivity index (χ4n) is 19.7. The molecule has 2 aliphatic rings. The minimum atomic E-state index is -0.824. The highest BCUT2D eigenvalue weighted by Crippen LogP contribution is 2.64. The van der Waals surface area contributed by atoms with Crippen LogP contribution in [0.15, 0.2) is 437 Å². The normalized spacial score (nSPS) is 13.3. The Balaban J connectivity index is 0.930. The molecule has 0 spiro atoms. The predicted molar refractivity (Wildman–Crippen MR) is 472 cm³/mol. The molecule has 0 bridgehead atoms. The lowest BCUT2D eigenvalue weighted by Crippen LogP contribution is -2.38. The highest BCUT2D eigenvalue weighted by molar-refractivity contribution is 6.28. The lowest BCUT2D eigenvalue weighted by atomic mass is 9.60. The van der Waals surface area contributed by atoms with Crippen molar-refractivity contribution in [2.24, 2.45) is 0 Å². The zero-order chi connectivity index (χ0) is 73.9. The molecule has 2 heteroatoms. The lowest BCUT2D eigenvalue weighted by Gasteiger charge is -2.47. The van der Waals surface area contributed by atoms with Crippen LogP contribution in [0.2, 0.25) is 0 Å². The summed E-state index contributed by atoms with van der Waals surface area (Å²) in [5, 5.41) is 14.2. The van der Waals surface area contributed by atoms with Crippen molar-refractivity contribution in [2.45, 2.75) is 10.8 Å². The third kappa shape index (κ3) is 9.78. The van der Waals surface area contributed by atoms with Crippen molar-refractivity contribution in [3.63, 3.8) is 0 Å². The second-order valence-corrected chi connectivity index (χ2v) is 30.0. The molecule has 2 heterocycles. The Morgan fingerprint density at radius 2 is 0.446 bits per heavy atom. The van der Waals surface area contributed by atoms with E-state index in [0.717, 1.165) is 77.9 Å². The van der Waals surface area contributed by atoms with E-state index in [9.17, 15) is 0 Å². The summed E-state index contributed by atoms with van der Waals surface area (Å²) in [5.74, 6) is 0. The maximum absolute atomic E-state index is 2.60. The van der Waals surface area contributed by atoms with Gasteiger partial charge >= 0.3 is 0 Å². The van der Waals surface area contributed by atoms with E-state index in [1.54, 1.807) is 0 Å². The zero-order valence-electron chi connectivity index (χ0n) is 61.5. The van der Waals surface area contributed by atoms with Gasteiger partial charge in [0, 0.05) is 22.5 Å². The molecular formula is C110H72N2. The van der Waals surface area contributed by atoms with E-state index in [1.165, 1.54) is 121 Å². The van der Waals surface area contributed by atoms with Gasteiger partial charge in [-0.2, -0.15) is 0 Å². The molecule has 0 N–H and O–H groups in total. The van der Waals surface area contributed by atoms with Crippen molar-refractivity contribution in [2.75, 3.05) is 9.80 Å². The van der Waals surface area contributed by atoms with Crippen molar-refractivity contribution >= 4 is 98.8 Å². The van der Waals surface area contributed by atoms with Crippen molar-refractivity contribution in [3.05, 3.63) is 481 Å². The predicted octanol–water partition coefficient (Wildman–Crippen LogP) is 29.3. The highest BCUT2D eigenvalue weighted by Gasteiger charge is 2.50. The summed E-state index contributed by atoms with van der Waals surface area (Å²) in [6.45, 7) is 0. The molecule has 0 aromatic heterocycles. The molecule has 0 atom stereocenters. The van der Waals surface area contributed by atoms with Gasteiger partial charge in [0.1, 0.15) is 0 Å². The van der Waals surface area contributed by atoms with Crippen molar-refractivity contribution in [3.8, 4) is 55.6 Å². The number of hydrogen-bond donors (Lipinski definition) is 0. The van der Waals surface area contributed by atoms with Crippen LogP contribution in [-0.4, -0.2) is 0 Å². The second kappa shape index (κ2) is 26.2. The largest absolute Gasteiger partial charge is 0.310 e. The van der Waals surface area contributed by atoms with Crippen LogP contribution >= 0.6 is 0 Å². The molecule has 22 rings (SSSR count). The maximum atomic E-state index is 2.60. The summed E-state index contributed by atoms with van der Waals surface area (Å²) < 4.78 is 0. The van der Waals surface area contributed by atoms with E-state index >= 15 is 0 Å². The molecule has 0 aliphatic carbocycles. The van der Waals surface area contributed by atoms with Crippen LogP contribution in [0.25, 0.3) is 120 Å². The van der Waals surface area contributed by atoms with Crippen LogP contribution < -0.4 is 9.80 Å². The lowest BCUT2D eigenvalue weighted by molar-refractivity contribution is 0.733. The van der Waals surface area contributed by atoms with Crippen molar-refractivity contribution < 1.29 is 0 Å². The molecule has 2 aliphatic heterocycles. The fourth-order valence-corrected chi connectivity index (χ4v) is 19.7. The third-order valence-corrected chi connectivity index (χ3v) is 24.3. The minimum absolute atomic E-state index is 0.824. The molecule has 0 radical (unpaired) electrons. The Kier molecular flexibility index (Phi) is 15.1. The van der Waals surface area contributed by atoms with Gasteiger partial charge in [-0.15, -0.1) is 0 Å². The van der Waals surface area contributed by atoms with Crippen molar-refractivity contribution in [1.82, 2.24) is 0 Å². The van der Waals surface area contributed by atoms with Crippen LogP contribution in [0.3, 0.4) is 0 Å². The maximum Gasteiger partial charge on any atom is 0.0748 e. The van der Waals surface area contributed by atoms with Crippen LogP contribution in [0.1, 0.15) is 44.5 Å². The fraction of sp³-hybridized carbons (Fsp3) is 0.0182. The first-order valence-electron chi connectivity index (χ1n) is 39.0. The molecule has 0 saturated carbocycles. The number of fused-ring (bicyclic) bond motifs is 10. The highest BCUT2D eigenvalue weighted by atomic mass is 15.2. The van der Waals surface area contributed by atoms with E-state index in [1.807, 2.05) is 0 Å². The molecule has 0 fully saturated rings. The standard InChI is InChI=1S/C110H72N2/c1-7-37-79(38-8-1)109(80-39-9-2-10-40-80)99-59-23-25-61-101(99)111(83-45-15-5-16-46-83)103-63-31-57-93(107(103)109)87-51-29-55-91-97(87)72-98-88(94-58-32-64-104-108(94)110(81-41-11-3-12-42-81,82-43-13-4-14-44-82)100-60-24-26-62-102(100)112(104)84-47-17-6-18-48-84)52-30-56-92(98)106(91)105-89-53-27-49-85(77-67-65-73-33-19-21-35-75(73)69-77)95(89)71-96-86(50-28-54-90(96)105)78-68-66-74-34-20-22-36-76(74)70-78/h1-72H. The van der Waals surface area contributed by atoms with Gasteiger partial charge in [-0.05, 0) is 226 Å². The van der Waals surface area contributed by atoms with Crippen LogP contribution in [0.4, 0.5) is 34.1 Å². The van der Waals surface area contributed by atoms with Gasteiger partial charge in [-0.25, -0.2) is 0 Å². The number of para-hydroxylation sites is 4. The Bertz CT molecular complexity index is 6610. The first kappa shape index (κ1) is 64.7. The number of benzene rings is 20. The summed E-state index contributed by atoms with van der Waals surface area (Å²) in [7, 11) is 0. The zero-order valence-corrected chi connectivity index (χ0v) is 61.5. The van der Waals surface area contributed by atoms with Crippen LogP contribution in [0.5, 0.6) is 0 Å². The number of hydrogen-bond acceptors (Lipinski definition) is 2. The molecule has 2 nitrogen and oxygen atoms in total. The van der Waals surface area contributed by atoms with Gasteiger partial charge in [-0.1, -0.05) is 364 Å². The molecule has 522 valence electrons. The quantitative estimate of drug-likeness (QED) is 0.119. The molecule has 112 heavy (non-hydrogen) atoms. The van der Waals surface area contributed by atoms with Crippen molar-refractivity contribution in [1.29, 1.82) is 0 Å². The van der Waals surface area contributed by atoms with E-state index in [2.05, 4.69) is 447 Å². The molecule has 0 saturated heterocycles. The molecule has 20 aromatic carbocycles. The topological polar surface area (TPSA) is 6.48 Å². The minimum Gasteiger partial charge on any atom is -0.310 e. The number of rotatable bonds is 11. The van der Waals surface area contributed by atoms with E-state index in [4.69, 9.17) is 0 Å². The van der Waals surface area contributed by atoms with Gasteiger partial charge in [0.2, 0.25) is 0 Å². The SMILES string of the molecule is c1ccc(N2c3ccccc3C(c3ccccc3)(c3ccccc3)c3c(-c4cccc5c(-c6c7cccc(-c8ccc9ccccc9c8)c7cc7c(-c8ccc9ccccc9c8)cccc67)c6cccc(-c7cccc8c7C(c7ccccc7)(c7ccccc7)c7ccccc7N8c7ccccc7)c6cc45)cccc32)cc1. The van der Waals surface area contributed by atoms with Gasteiger partial charge < -0.3 is 9.80 Å². The van der Waals surface area contributed by atoms with Gasteiger partial charge in [-0.3, -0.25) is 0 Å². The monoisotopic (exact) mass is 1420 g/mol. The van der Waals surface area contributed by atoms with Crippen LogP contribution in [-0.2, 0) is 10.8 Å². The van der Waals surface area contributed by atoms with Crippen LogP contribution in [0, 0.1) is 0 Å². The smallest absolute Gasteiger partial charge is 0.0748 e. The van der Waals surface area contributed by atoms with Gasteiger partial charge in [0.25, 0.3) is 0 Å². The average Bonchev–Trinajstić information content (AvgIpc) is 0.686. The van der Waals surface area contributed by atoms with E-state index in [0.29, 0.717) is 0 Å². The van der Waals surface area contributed by atoms with Gasteiger partial charge in [0.15, 0.2) is 0 Å². The first-order chi connectivity index (χ1) is 55.6. The average molecular weight is 1420 g/mol. The Morgan fingerprint density at radius 3 is 0.812 bits per heavy atom. The third-order valence-electron chi connectivity index (χ3n) is 24.3. The first-order valence-corrected chi connectivity index (χ1v) is 39.0. The van der Waals surface area contributed by atoms with E-state index < -0.39 is 10.8 Å². The Morgan fingerprint density at radius 1 is 0.170 bits per heavy atom. The Hall–Kier alpha value is -14.4. The van der Waals surface area contributed by atoms with Gasteiger partial charge in [0.05, 0.1) is 33.6 Å². The molecule has 0 unspecified atom stereocenters. The second-order valence-electron chi connectivity index (χ2n) is 30.0. The summed E-state index contributed by atoms with van der Waals surface area (Å²) in [6.07, 6.45) is 0. The molecule has 20 aromatic rings. The molecule has 0 amide bonds. The number of nitrogens with zero attached hydrogens (tertiary/aromatic N) is 2. The molecular weight excluding hydrogens is 1350 g/mol. The number of anilines is 6. The summed E-state index contributed by atoms with van der Waals surface area (Å²) in [6, 6.07) is 165. The summed E-state index contributed by atoms with van der Waals surface area (Å²) >= 11 is 0. The summed E-state index contributed by atoms with van der Waals surface area (Å²) in [4.78, 5) is 5.04. The Labute approximate surface area is 652 Å². The summed E-state index contributed by atoms with van der Waals surface area (Å²) in [5.41, 5.74) is 26.3. The van der Waals surface area contributed by atoms with E-state index in [-0.39, 0.29) is 0 Å².